The topological polar surface area (TPSA) is 41.6 Å². The second-order valence-electron chi connectivity index (χ2n) is 5.42. The fraction of sp³-hybridized carbons (Fsp3) is 0.611. The lowest BCUT2D eigenvalue weighted by Crippen LogP contribution is -2.38. The van der Waals surface area contributed by atoms with Crippen LogP contribution in [0.3, 0.4) is 0 Å². The van der Waals surface area contributed by atoms with Gasteiger partial charge in [-0.25, -0.2) is 4.39 Å². The molecule has 4 nitrogen and oxygen atoms in total. The highest BCUT2D eigenvalue weighted by Crippen LogP contribution is 2.21. The first-order valence-corrected chi connectivity index (χ1v) is 8.52. The maximum atomic E-state index is 14.3. The Morgan fingerprint density at radius 2 is 2.00 bits per heavy atom. The van der Waals surface area contributed by atoms with Crippen molar-refractivity contribution in [2.24, 2.45) is 0 Å². The molecule has 0 saturated carbocycles. The lowest BCUT2D eigenvalue weighted by Gasteiger charge is -2.18. The molecule has 0 spiro atoms. The molecule has 1 N–H and O–H groups in total. The van der Waals surface area contributed by atoms with Crippen molar-refractivity contribution in [2.45, 2.75) is 40.0 Å². The lowest BCUT2D eigenvalue weighted by atomic mass is 10.1. The molecule has 0 heterocycles. The van der Waals surface area contributed by atoms with Crippen molar-refractivity contribution >= 4 is 5.91 Å². The molecule has 0 fully saturated rings. The third-order valence-corrected chi connectivity index (χ3v) is 3.76. The molecule has 0 bridgehead atoms. The maximum absolute atomic E-state index is 14.3. The van der Waals surface area contributed by atoms with Gasteiger partial charge < -0.3 is 15.0 Å². The second kappa shape index (κ2) is 11.0. The van der Waals surface area contributed by atoms with Crippen LogP contribution in [-0.4, -0.2) is 43.6 Å². The molecule has 0 aliphatic carbocycles. The number of carbonyl (C=O) groups is 1. The van der Waals surface area contributed by atoms with E-state index in [0.717, 1.165) is 12.8 Å². The van der Waals surface area contributed by atoms with Gasteiger partial charge in [-0.1, -0.05) is 25.5 Å². The van der Waals surface area contributed by atoms with Crippen molar-refractivity contribution in [1.29, 1.82) is 0 Å². The molecule has 0 unspecified atom stereocenters. The van der Waals surface area contributed by atoms with Crippen LogP contribution >= 0.6 is 0 Å². The van der Waals surface area contributed by atoms with Crippen molar-refractivity contribution in [2.75, 3.05) is 32.8 Å². The minimum atomic E-state index is -0.291. The van der Waals surface area contributed by atoms with Crippen LogP contribution in [-0.2, 0) is 11.2 Å². The molecule has 0 aliphatic heterocycles. The summed E-state index contributed by atoms with van der Waals surface area (Å²) in [7, 11) is 0. The third-order valence-electron chi connectivity index (χ3n) is 3.76. The molecular weight excluding hydrogens is 295 g/mol. The van der Waals surface area contributed by atoms with E-state index in [1.807, 2.05) is 13.8 Å². The Morgan fingerprint density at radius 1 is 1.26 bits per heavy atom. The van der Waals surface area contributed by atoms with Crippen LogP contribution in [0.1, 0.15) is 39.2 Å². The van der Waals surface area contributed by atoms with E-state index >= 15 is 0 Å². The number of ether oxygens (including phenoxy) is 1. The Bertz CT molecular complexity index is 476. The van der Waals surface area contributed by atoms with Crippen molar-refractivity contribution in [3.63, 3.8) is 0 Å². The summed E-state index contributed by atoms with van der Waals surface area (Å²) in [5, 5.41) is 3.08. The van der Waals surface area contributed by atoms with E-state index in [0.29, 0.717) is 44.0 Å². The predicted octanol–water partition coefficient (Wildman–Crippen LogP) is 3.01. The van der Waals surface area contributed by atoms with Crippen molar-refractivity contribution in [1.82, 2.24) is 10.2 Å². The lowest BCUT2D eigenvalue weighted by molar-refractivity contribution is -0.129. The molecule has 1 rings (SSSR count). The summed E-state index contributed by atoms with van der Waals surface area (Å²) in [6, 6.07) is 5.22. The van der Waals surface area contributed by atoms with Crippen LogP contribution in [0.25, 0.3) is 0 Å². The number of hydrogen-bond donors (Lipinski definition) is 1. The molecule has 5 heteroatoms. The number of nitrogens with one attached hydrogen (secondary N) is 1. The van der Waals surface area contributed by atoms with Crippen molar-refractivity contribution in [3.05, 3.63) is 29.6 Å². The van der Waals surface area contributed by atoms with Gasteiger partial charge in [0.15, 0.2) is 11.6 Å². The van der Waals surface area contributed by atoms with Crippen molar-refractivity contribution in [3.8, 4) is 5.75 Å². The van der Waals surface area contributed by atoms with Crippen LogP contribution in [0.15, 0.2) is 18.2 Å². The summed E-state index contributed by atoms with van der Waals surface area (Å²) in [4.78, 5) is 13.6. The minimum absolute atomic E-state index is 0.0760. The first kappa shape index (κ1) is 19.4. The first-order valence-electron chi connectivity index (χ1n) is 8.52. The zero-order chi connectivity index (χ0) is 17.1. The molecule has 0 saturated heterocycles. The summed E-state index contributed by atoms with van der Waals surface area (Å²) in [5.41, 5.74) is 0.613. The van der Waals surface area contributed by atoms with E-state index in [2.05, 4.69) is 12.2 Å². The fourth-order valence-corrected chi connectivity index (χ4v) is 2.29. The number of amides is 1. The zero-order valence-corrected chi connectivity index (χ0v) is 14.5. The average molecular weight is 324 g/mol. The van der Waals surface area contributed by atoms with Crippen molar-refractivity contribution < 1.29 is 13.9 Å². The van der Waals surface area contributed by atoms with Gasteiger partial charge in [0.2, 0.25) is 5.91 Å². The Kier molecular flexibility index (Phi) is 9.29. The minimum Gasteiger partial charge on any atom is -0.491 e. The SMILES string of the molecule is CCCCOc1cccc(CCNCC(=O)N(CC)CC)c1F. The molecule has 1 aromatic rings. The monoisotopic (exact) mass is 324 g/mol. The first-order chi connectivity index (χ1) is 11.1. The van der Waals surface area contributed by atoms with E-state index < -0.39 is 0 Å². The van der Waals surface area contributed by atoms with Gasteiger partial charge in [-0.05, 0) is 44.9 Å². The molecule has 23 heavy (non-hydrogen) atoms. The van der Waals surface area contributed by atoms with Crippen LogP contribution in [0.5, 0.6) is 5.75 Å². The molecule has 1 amide bonds. The fourth-order valence-electron chi connectivity index (χ4n) is 2.29. The zero-order valence-electron chi connectivity index (χ0n) is 14.5. The van der Waals surface area contributed by atoms with Gasteiger partial charge in [0.1, 0.15) is 0 Å². The number of benzene rings is 1. The molecule has 0 atom stereocenters. The predicted molar refractivity (Wildman–Crippen MR) is 91.3 cm³/mol. The quantitative estimate of drug-likeness (QED) is 0.636. The number of halogens is 1. The average Bonchev–Trinajstić information content (AvgIpc) is 2.55. The van der Waals surface area contributed by atoms with Crippen LogP contribution < -0.4 is 10.1 Å². The molecule has 1 aromatic carbocycles. The van der Waals surface area contributed by atoms with Crippen LogP contribution in [0.2, 0.25) is 0 Å². The Labute approximate surface area is 139 Å². The highest BCUT2D eigenvalue weighted by molar-refractivity contribution is 5.78. The molecular formula is C18H29FN2O2. The highest BCUT2D eigenvalue weighted by Gasteiger charge is 2.10. The summed E-state index contributed by atoms with van der Waals surface area (Å²) < 4.78 is 19.8. The van der Waals surface area contributed by atoms with Gasteiger partial charge >= 0.3 is 0 Å². The van der Waals surface area contributed by atoms with Gasteiger partial charge in [-0.2, -0.15) is 0 Å². The van der Waals surface area contributed by atoms with Gasteiger partial charge in [0.05, 0.1) is 13.2 Å². The Hall–Kier alpha value is -1.62. The van der Waals surface area contributed by atoms with E-state index in [-0.39, 0.29) is 18.3 Å². The Balaban J connectivity index is 2.43. The molecule has 0 radical (unpaired) electrons. The number of nitrogens with zero attached hydrogens (tertiary/aromatic N) is 1. The largest absolute Gasteiger partial charge is 0.491 e. The van der Waals surface area contributed by atoms with Gasteiger partial charge in [-0.15, -0.1) is 0 Å². The number of likely N-dealkylation sites (N-methyl/N-ethyl adjacent to an activating group) is 1. The van der Waals surface area contributed by atoms with E-state index in [4.69, 9.17) is 4.74 Å². The number of rotatable bonds is 11. The van der Waals surface area contributed by atoms with Gasteiger partial charge in [0.25, 0.3) is 0 Å². The summed E-state index contributed by atoms with van der Waals surface area (Å²) in [6.45, 7) is 8.79. The second-order valence-corrected chi connectivity index (χ2v) is 5.42. The normalized spacial score (nSPS) is 10.6. The van der Waals surface area contributed by atoms with Gasteiger partial charge in [0, 0.05) is 13.1 Å². The van der Waals surface area contributed by atoms with E-state index in [9.17, 15) is 9.18 Å². The molecule has 0 aliphatic rings. The summed E-state index contributed by atoms with van der Waals surface area (Å²) in [6.07, 6.45) is 2.47. The van der Waals surface area contributed by atoms with Crippen LogP contribution in [0, 0.1) is 5.82 Å². The number of hydrogen-bond acceptors (Lipinski definition) is 3. The van der Waals surface area contributed by atoms with Crippen LogP contribution in [0.4, 0.5) is 4.39 Å². The summed E-state index contributed by atoms with van der Waals surface area (Å²) >= 11 is 0. The third kappa shape index (κ3) is 6.57. The highest BCUT2D eigenvalue weighted by atomic mass is 19.1. The van der Waals surface area contributed by atoms with Gasteiger partial charge in [-0.3, -0.25) is 4.79 Å². The van der Waals surface area contributed by atoms with E-state index in [1.54, 1.807) is 23.1 Å². The number of unbranched alkanes of at least 4 members (excludes halogenated alkanes) is 1. The maximum Gasteiger partial charge on any atom is 0.236 e. The molecule has 0 aromatic heterocycles. The summed E-state index contributed by atoms with van der Waals surface area (Å²) in [5.74, 6) is 0.0998. The Morgan fingerprint density at radius 3 is 2.65 bits per heavy atom. The smallest absolute Gasteiger partial charge is 0.236 e. The standard InChI is InChI=1S/C18H29FN2O2/c1-4-7-13-23-16-10-8-9-15(18(16)19)11-12-20-14-17(22)21(5-2)6-3/h8-10,20H,4-7,11-14H2,1-3H3. The molecule has 130 valence electrons. The number of carbonyl (C=O) groups excluding carboxylic acids is 1. The van der Waals surface area contributed by atoms with E-state index in [1.165, 1.54) is 0 Å².